The molecule has 1 unspecified atom stereocenters. The summed E-state index contributed by atoms with van der Waals surface area (Å²) < 4.78 is 10.7. The number of methoxy groups -OCH3 is 2. The number of rotatable bonds is 8. The summed E-state index contributed by atoms with van der Waals surface area (Å²) in [5.41, 5.74) is 2.18. The molecule has 2 N–H and O–H groups in total. The van der Waals surface area contributed by atoms with Crippen molar-refractivity contribution in [3.63, 3.8) is 0 Å². The monoisotopic (exact) mass is 474 g/mol. The van der Waals surface area contributed by atoms with Crippen molar-refractivity contribution < 1.29 is 23.9 Å². The summed E-state index contributed by atoms with van der Waals surface area (Å²) in [7, 11) is 3.07. The Bertz CT molecular complexity index is 1230. The molecule has 0 aliphatic carbocycles. The zero-order valence-electron chi connectivity index (χ0n) is 19.5. The topological polar surface area (TPSA) is 110 Å². The van der Waals surface area contributed by atoms with Crippen LogP contribution < -0.4 is 25.0 Å². The number of carbonyl (C=O) groups excluding carboxylic acids is 3. The molecule has 1 aliphatic rings. The molecule has 9 nitrogen and oxygen atoms in total. The maximum Gasteiger partial charge on any atom is 0.251 e. The summed E-state index contributed by atoms with van der Waals surface area (Å²) in [5, 5.41) is 5.64. The number of pyridine rings is 1. The molecule has 0 radical (unpaired) electrons. The summed E-state index contributed by atoms with van der Waals surface area (Å²) in [4.78, 5) is 43.9. The van der Waals surface area contributed by atoms with E-state index in [0.29, 0.717) is 35.0 Å². The van der Waals surface area contributed by atoms with E-state index in [1.807, 2.05) is 18.2 Å². The molecule has 0 saturated carbocycles. The third kappa shape index (κ3) is 5.57. The normalized spacial score (nSPS) is 15.0. The molecule has 0 spiro atoms. The van der Waals surface area contributed by atoms with Gasteiger partial charge < -0.3 is 25.0 Å². The number of benzene rings is 2. The maximum absolute atomic E-state index is 13.0. The molecule has 4 rings (SSSR count). The molecular formula is C26H26N4O5. The molecule has 2 heterocycles. The zero-order valence-corrected chi connectivity index (χ0v) is 19.5. The minimum absolute atomic E-state index is 0.0659. The van der Waals surface area contributed by atoms with Crippen molar-refractivity contribution in [1.29, 1.82) is 0 Å². The van der Waals surface area contributed by atoms with Crippen LogP contribution in [0.4, 0.5) is 11.4 Å². The first-order chi connectivity index (χ1) is 17.0. The molecule has 0 bridgehead atoms. The van der Waals surface area contributed by atoms with Gasteiger partial charge in [-0.1, -0.05) is 12.1 Å². The lowest BCUT2D eigenvalue weighted by Crippen LogP contribution is -2.28. The first kappa shape index (κ1) is 23.7. The number of nitrogens with zero attached hydrogens (tertiary/aromatic N) is 2. The van der Waals surface area contributed by atoms with E-state index in [2.05, 4.69) is 15.6 Å². The molecule has 1 aromatic heterocycles. The van der Waals surface area contributed by atoms with Gasteiger partial charge in [-0.05, 0) is 42.5 Å². The van der Waals surface area contributed by atoms with Crippen LogP contribution >= 0.6 is 0 Å². The number of ether oxygens (including phenoxy) is 2. The summed E-state index contributed by atoms with van der Waals surface area (Å²) in [6.07, 6.45) is 1.73. The molecule has 3 aromatic rings. The standard InChI is InChI=1S/C26H26N4O5/c1-34-21-9-10-23(35-2)22(14-21)30-16-18(13-24(30)31)26(33)29-19-8-5-6-17(12-19)25(32)28-15-20-7-3-4-11-27-20/h3-12,14,18H,13,15-16H2,1-2H3,(H,28,32)(H,29,33). The van der Waals surface area contributed by atoms with Crippen LogP contribution in [-0.4, -0.2) is 43.5 Å². The lowest BCUT2D eigenvalue weighted by Gasteiger charge is -2.20. The van der Waals surface area contributed by atoms with Gasteiger partial charge in [0.1, 0.15) is 11.5 Å². The fourth-order valence-corrected chi connectivity index (χ4v) is 3.88. The lowest BCUT2D eigenvalue weighted by molar-refractivity contribution is -0.122. The fourth-order valence-electron chi connectivity index (χ4n) is 3.88. The molecule has 1 saturated heterocycles. The highest BCUT2D eigenvalue weighted by Gasteiger charge is 2.36. The number of anilines is 2. The van der Waals surface area contributed by atoms with E-state index >= 15 is 0 Å². The number of nitrogens with one attached hydrogen (secondary N) is 2. The Morgan fingerprint density at radius 2 is 1.91 bits per heavy atom. The summed E-state index contributed by atoms with van der Waals surface area (Å²) in [6, 6.07) is 17.3. The first-order valence-electron chi connectivity index (χ1n) is 11.1. The van der Waals surface area contributed by atoms with E-state index in [-0.39, 0.29) is 30.7 Å². The SMILES string of the molecule is COc1ccc(OC)c(N2CC(C(=O)Nc3cccc(C(=O)NCc4ccccn4)c3)CC2=O)c1. The summed E-state index contributed by atoms with van der Waals surface area (Å²) >= 11 is 0. The highest BCUT2D eigenvalue weighted by Crippen LogP contribution is 2.36. The van der Waals surface area contributed by atoms with Crippen molar-refractivity contribution in [2.45, 2.75) is 13.0 Å². The van der Waals surface area contributed by atoms with E-state index in [4.69, 9.17) is 9.47 Å². The van der Waals surface area contributed by atoms with Crippen molar-refractivity contribution in [3.05, 3.63) is 78.1 Å². The first-order valence-corrected chi connectivity index (χ1v) is 11.1. The Kier molecular flexibility index (Phi) is 7.25. The number of aromatic nitrogens is 1. The van der Waals surface area contributed by atoms with E-state index in [1.54, 1.807) is 55.8 Å². The van der Waals surface area contributed by atoms with Gasteiger partial charge in [-0.25, -0.2) is 0 Å². The highest BCUT2D eigenvalue weighted by molar-refractivity contribution is 6.04. The minimum Gasteiger partial charge on any atom is -0.497 e. The van der Waals surface area contributed by atoms with E-state index in [1.165, 1.54) is 12.0 Å². The van der Waals surface area contributed by atoms with E-state index < -0.39 is 5.92 Å². The Morgan fingerprint density at radius 3 is 2.66 bits per heavy atom. The van der Waals surface area contributed by atoms with Gasteiger partial charge in [-0.3, -0.25) is 19.4 Å². The molecule has 2 aromatic carbocycles. The minimum atomic E-state index is -0.556. The van der Waals surface area contributed by atoms with Crippen molar-refractivity contribution in [2.24, 2.45) is 5.92 Å². The molecule has 180 valence electrons. The Labute approximate surface area is 203 Å². The Balaban J connectivity index is 1.40. The predicted molar refractivity (Wildman–Crippen MR) is 130 cm³/mol. The molecule has 9 heteroatoms. The van der Waals surface area contributed by atoms with Crippen molar-refractivity contribution in [3.8, 4) is 11.5 Å². The number of hydrogen-bond acceptors (Lipinski definition) is 6. The van der Waals surface area contributed by atoms with Crippen LogP contribution in [0, 0.1) is 5.92 Å². The molecule has 3 amide bonds. The number of hydrogen-bond donors (Lipinski definition) is 2. The van der Waals surface area contributed by atoms with Gasteiger partial charge in [-0.15, -0.1) is 0 Å². The van der Waals surface area contributed by atoms with Crippen LogP contribution in [0.1, 0.15) is 22.5 Å². The predicted octanol–water partition coefficient (Wildman–Crippen LogP) is 3.02. The maximum atomic E-state index is 13.0. The average Bonchev–Trinajstić information content (AvgIpc) is 3.29. The van der Waals surface area contributed by atoms with Gasteiger partial charge in [0, 0.05) is 36.5 Å². The van der Waals surface area contributed by atoms with Crippen LogP contribution in [0.25, 0.3) is 0 Å². The van der Waals surface area contributed by atoms with Gasteiger partial charge >= 0.3 is 0 Å². The van der Waals surface area contributed by atoms with Crippen molar-refractivity contribution in [1.82, 2.24) is 10.3 Å². The van der Waals surface area contributed by atoms with Gasteiger partial charge in [0.05, 0.1) is 38.1 Å². The molecule has 1 atom stereocenters. The van der Waals surface area contributed by atoms with Crippen LogP contribution in [-0.2, 0) is 16.1 Å². The number of amides is 3. The molecular weight excluding hydrogens is 448 g/mol. The number of carbonyl (C=O) groups is 3. The molecule has 35 heavy (non-hydrogen) atoms. The van der Waals surface area contributed by atoms with Crippen LogP contribution in [0.3, 0.4) is 0 Å². The summed E-state index contributed by atoms with van der Waals surface area (Å²) in [5.74, 6) is -0.212. The smallest absolute Gasteiger partial charge is 0.251 e. The van der Waals surface area contributed by atoms with Gasteiger partial charge in [0.15, 0.2) is 0 Å². The molecule has 1 aliphatic heterocycles. The van der Waals surface area contributed by atoms with E-state index in [9.17, 15) is 14.4 Å². The van der Waals surface area contributed by atoms with Crippen molar-refractivity contribution in [2.75, 3.05) is 31.0 Å². The average molecular weight is 475 g/mol. The Hall–Kier alpha value is -4.40. The second-order valence-electron chi connectivity index (χ2n) is 8.02. The molecule has 1 fully saturated rings. The van der Waals surface area contributed by atoms with Gasteiger partial charge in [0.2, 0.25) is 11.8 Å². The quantitative estimate of drug-likeness (QED) is 0.519. The third-order valence-electron chi connectivity index (χ3n) is 5.72. The van der Waals surface area contributed by atoms with Crippen molar-refractivity contribution >= 4 is 29.1 Å². The Morgan fingerprint density at radius 1 is 1.06 bits per heavy atom. The van der Waals surface area contributed by atoms with Gasteiger partial charge in [0.25, 0.3) is 5.91 Å². The van der Waals surface area contributed by atoms with Crippen LogP contribution in [0.2, 0.25) is 0 Å². The van der Waals surface area contributed by atoms with Crippen LogP contribution in [0.15, 0.2) is 66.9 Å². The largest absolute Gasteiger partial charge is 0.497 e. The fraction of sp³-hybridized carbons (Fsp3) is 0.231. The van der Waals surface area contributed by atoms with E-state index in [0.717, 1.165) is 5.69 Å². The highest BCUT2D eigenvalue weighted by atomic mass is 16.5. The zero-order chi connectivity index (χ0) is 24.8. The summed E-state index contributed by atoms with van der Waals surface area (Å²) in [6.45, 7) is 0.502. The lowest BCUT2D eigenvalue weighted by atomic mass is 10.1. The van der Waals surface area contributed by atoms with Crippen LogP contribution in [0.5, 0.6) is 11.5 Å². The van der Waals surface area contributed by atoms with Gasteiger partial charge in [-0.2, -0.15) is 0 Å². The third-order valence-corrected chi connectivity index (χ3v) is 5.72. The second-order valence-corrected chi connectivity index (χ2v) is 8.02. The second kappa shape index (κ2) is 10.7.